The molecule has 0 saturated heterocycles. The summed E-state index contributed by atoms with van der Waals surface area (Å²) in [7, 11) is -1.27. The highest BCUT2D eigenvalue weighted by Gasteiger charge is 2.35. The summed E-state index contributed by atoms with van der Waals surface area (Å²) in [6.07, 6.45) is 8.98. The number of hydrogen-bond acceptors (Lipinski definition) is 4. The third-order valence-corrected chi connectivity index (χ3v) is 12.9. The summed E-state index contributed by atoms with van der Waals surface area (Å²) < 4.78 is 41.3. The molecule has 1 saturated carbocycles. The zero-order valence-corrected chi connectivity index (χ0v) is 25.4. The topological polar surface area (TPSA) is 55.8 Å². The van der Waals surface area contributed by atoms with Crippen molar-refractivity contribution in [2.75, 3.05) is 19.8 Å². The molecule has 1 N–H and O–H groups in total. The molecule has 0 amide bonds. The number of aliphatic hydroxyl groups excluding tert-OH is 1. The van der Waals surface area contributed by atoms with Crippen LogP contribution in [0.15, 0.2) is 48.6 Å². The van der Waals surface area contributed by atoms with E-state index >= 15 is 8.78 Å². The standard InChI is InChI=1S/C33H46F2O4Si/c1-5-6-22-40(3,4)28-16-12-26(13-17-28)30-19-18-29(31(34)32(30)35)25-10-14-27(15-11-25)38-20-8-7-9-21-39-33(37)24(2)23-36/h10-11,14-15,18-19,26,28,36H,2,5-9,12-13,16-17,20-23H2,1,3-4H3. The van der Waals surface area contributed by atoms with E-state index in [1.54, 1.807) is 36.4 Å². The van der Waals surface area contributed by atoms with Crippen molar-refractivity contribution in [2.24, 2.45) is 0 Å². The van der Waals surface area contributed by atoms with Gasteiger partial charge in [0, 0.05) is 5.56 Å². The summed E-state index contributed by atoms with van der Waals surface area (Å²) in [5.41, 5.74) is 2.25. The van der Waals surface area contributed by atoms with Crippen molar-refractivity contribution in [3.63, 3.8) is 0 Å². The molecule has 0 spiro atoms. The number of benzene rings is 2. The molecule has 2 aromatic carbocycles. The highest BCUT2D eigenvalue weighted by atomic mass is 28.3. The van der Waals surface area contributed by atoms with Crippen molar-refractivity contribution in [3.05, 3.63) is 65.7 Å². The summed E-state index contributed by atoms with van der Waals surface area (Å²) in [5, 5.41) is 8.85. The molecule has 0 atom stereocenters. The highest BCUT2D eigenvalue weighted by molar-refractivity contribution is 6.78. The van der Waals surface area contributed by atoms with Gasteiger partial charge in [0.25, 0.3) is 0 Å². The van der Waals surface area contributed by atoms with E-state index in [-0.39, 0.29) is 23.7 Å². The molecule has 0 heterocycles. The van der Waals surface area contributed by atoms with Crippen LogP contribution in [0.1, 0.15) is 76.2 Å². The maximum atomic E-state index is 15.3. The Balaban J connectivity index is 1.48. The molecule has 7 heteroatoms. The van der Waals surface area contributed by atoms with Crippen molar-refractivity contribution in [1.82, 2.24) is 0 Å². The van der Waals surface area contributed by atoms with Crippen LogP contribution in [0, 0.1) is 11.6 Å². The number of hydrogen-bond donors (Lipinski definition) is 1. The van der Waals surface area contributed by atoms with E-state index in [0.717, 1.165) is 44.1 Å². The first-order chi connectivity index (χ1) is 19.2. The Morgan fingerprint density at radius 2 is 1.62 bits per heavy atom. The fourth-order valence-electron chi connectivity index (χ4n) is 5.76. The van der Waals surface area contributed by atoms with Crippen molar-refractivity contribution in [2.45, 2.75) is 95.3 Å². The molecule has 1 aliphatic rings. The lowest BCUT2D eigenvalue weighted by Crippen LogP contribution is -2.34. The molecule has 0 bridgehead atoms. The van der Waals surface area contributed by atoms with Crippen LogP contribution in [0.3, 0.4) is 0 Å². The zero-order valence-electron chi connectivity index (χ0n) is 24.4. The Morgan fingerprint density at radius 1 is 0.950 bits per heavy atom. The van der Waals surface area contributed by atoms with Crippen LogP contribution in [0.5, 0.6) is 5.75 Å². The minimum Gasteiger partial charge on any atom is -0.494 e. The molecule has 0 unspecified atom stereocenters. The Kier molecular flexibility index (Phi) is 12.4. The van der Waals surface area contributed by atoms with Gasteiger partial charge in [-0.05, 0) is 66.8 Å². The molecular formula is C33H46F2O4Si. The average molecular weight is 573 g/mol. The molecule has 40 heavy (non-hydrogen) atoms. The zero-order chi connectivity index (χ0) is 29.1. The minimum atomic E-state index is -1.27. The number of carbonyl (C=O) groups is 1. The van der Waals surface area contributed by atoms with Crippen molar-refractivity contribution < 1.29 is 28.2 Å². The van der Waals surface area contributed by atoms with E-state index in [1.165, 1.54) is 18.9 Å². The van der Waals surface area contributed by atoms with Crippen molar-refractivity contribution in [1.29, 1.82) is 0 Å². The SMILES string of the molecule is C=C(CO)C(=O)OCCCCCOc1ccc(-c2ccc(C3CCC([Si](C)(C)CCCC)CC3)c(F)c2F)cc1. The lowest BCUT2D eigenvalue weighted by Gasteiger charge is -2.38. The molecule has 0 radical (unpaired) electrons. The van der Waals surface area contributed by atoms with Gasteiger partial charge in [-0.2, -0.15) is 0 Å². The van der Waals surface area contributed by atoms with Crippen LogP contribution < -0.4 is 4.74 Å². The molecule has 0 aromatic heterocycles. The molecule has 3 rings (SSSR count). The van der Waals surface area contributed by atoms with Gasteiger partial charge in [-0.3, -0.25) is 0 Å². The van der Waals surface area contributed by atoms with Crippen LogP contribution in [0.25, 0.3) is 11.1 Å². The summed E-state index contributed by atoms with van der Waals surface area (Å²) in [6.45, 7) is 11.0. The van der Waals surface area contributed by atoms with Gasteiger partial charge in [-0.15, -0.1) is 0 Å². The second kappa shape index (κ2) is 15.5. The number of halogens is 2. The van der Waals surface area contributed by atoms with Crippen molar-refractivity contribution in [3.8, 4) is 16.9 Å². The molecular weight excluding hydrogens is 526 g/mol. The average Bonchev–Trinajstić information content (AvgIpc) is 2.97. The normalized spacial score (nSPS) is 17.4. The van der Waals surface area contributed by atoms with Gasteiger partial charge in [0.1, 0.15) is 5.75 Å². The van der Waals surface area contributed by atoms with Gasteiger partial charge in [0.2, 0.25) is 0 Å². The number of esters is 1. The van der Waals surface area contributed by atoms with E-state index < -0.39 is 32.3 Å². The van der Waals surface area contributed by atoms with E-state index in [4.69, 9.17) is 14.6 Å². The van der Waals surface area contributed by atoms with Gasteiger partial charge in [-0.25, -0.2) is 13.6 Å². The minimum absolute atomic E-state index is 0.0474. The van der Waals surface area contributed by atoms with E-state index in [9.17, 15) is 4.79 Å². The fraction of sp³-hybridized carbons (Fsp3) is 0.545. The van der Waals surface area contributed by atoms with Crippen molar-refractivity contribution >= 4 is 14.0 Å². The van der Waals surface area contributed by atoms with Crippen LogP contribution in [-0.2, 0) is 9.53 Å². The predicted octanol–water partition coefficient (Wildman–Crippen LogP) is 8.81. The second-order valence-electron chi connectivity index (χ2n) is 11.8. The maximum Gasteiger partial charge on any atom is 0.335 e. The van der Waals surface area contributed by atoms with Crippen LogP contribution >= 0.6 is 0 Å². The lowest BCUT2D eigenvalue weighted by atomic mass is 9.83. The quantitative estimate of drug-likeness (QED) is 0.100. The number of unbranched alkanes of at least 4 members (excludes halogenated alkanes) is 3. The summed E-state index contributed by atoms with van der Waals surface area (Å²) in [5.74, 6) is -1.28. The number of rotatable bonds is 15. The summed E-state index contributed by atoms with van der Waals surface area (Å²) >= 11 is 0. The predicted molar refractivity (Wildman–Crippen MR) is 160 cm³/mol. The molecule has 4 nitrogen and oxygen atoms in total. The smallest absolute Gasteiger partial charge is 0.335 e. The number of ether oxygens (including phenoxy) is 2. The second-order valence-corrected chi connectivity index (χ2v) is 17.1. The van der Waals surface area contributed by atoms with Gasteiger partial charge < -0.3 is 14.6 Å². The maximum absolute atomic E-state index is 15.3. The van der Waals surface area contributed by atoms with Crippen LogP contribution in [-0.4, -0.2) is 39.0 Å². The first kappa shape index (κ1) is 32.0. The first-order valence-electron chi connectivity index (χ1n) is 14.8. The Labute approximate surface area is 239 Å². The van der Waals surface area contributed by atoms with Gasteiger partial charge >= 0.3 is 5.97 Å². The molecule has 1 aliphatic carbocycles. The fourth-order valence-corrected chi connectivity index (χ4v) is 9.33. The van der Waals surface area contributed by atoms with Gasteiger partial charge in [0.05, 0.1) is 33.5 Å². The molecule has 1 fully saturated rings. The molecule has 2 aromatic rings. The lowest BCUT2D eigenvalue weighted by molar-refractivity contribution is -0.139. The molecule has 0 aliphatic heterocycles. The Morgan fingerprint density at radius 3 is 2.27 bits per heavy atom. The monoisotopic (exact) mass is 572 g/mol. The number of aliphatic hydroxyl groups is 1. The number of carbonyl (C=O) groups excluding carboxylic acids is 1. The Hall–Kier alpha value is -2.51. The molecule has 220 valence electrons. The van der Waals surface area contributed by atoms with Gasteiger partial charge in [-0.1, -0.05) is 82.6 Å². The third kappa shape index (κ3) is 8.74. The summed E-state index contributed by atoms with van der Waals surface area (Å²) in [4.78, 5) is 11.4. The summed E-state index contributed by atoms with van der Waals surface area (Å²) in [6, 6.07) is 11.9. The van der Waals surface area contributed by atoms with Crippen LogP contribution in [0.4, 0.5) is 8.78 Å². The highest BCUT2D eigenvalue weighted by Crippen LogP contribution is 2.46. The van der Waals surface area contributed by atoms with E-state index in [0.29, 0.717) is 29.9 Å². The van der Waals surface area contributed by atoms with E-state index in [1.807, 2.05) is 0 Å². The van der Waals surface area contributed by atoms with Crippen LogP contribution in [0.2, 0.25) is 24.7 Å². The Bertz CT molecular complexity index is 1110. The van der Waals surface area contributed by atoms with Gasteiger partial charge in [0.15, 0.2) is 11.6 Å². The largest absolute Gasteiger partial charge is 0.494 e. The van der Waals surface area contributed by atoms with E-state index in [2.05, 4.69) is 26.6 Å². The first-order valence-corrected chi connectivity index (χ1v) is 18.1. The third-order valence-electron chi connectivity index (χ3n) is 8.49.